The van der Waals surface area contributed by atoms with Crippen molar-refractivity contribution in [2.24, 2.45) is 0 Å². The summed E-state index contributed by atoms with van der Waals surface area (Å²) in [4.78, 5) is 23.3. The number of rotatable bonds is 5. The second-order valence-corrected chi connectivity index (χ2v) is 5.66. The van der Waals surface area contributed by atoms with Crippen molar-refractivity contribution in [3.63, 3.8) is 0 Å². The zero-order valence-electron chi connectivity index (χ0n) is 11.4. The van der Waals surface area contributed by atoms with Crippen molar-refractivity contribution in [3.05, 3.63) is 69.1 Å². The fourth-order valence-electron chi connectivity index (χ4n) is 1.78. The van der Waals surface area contributed by atoms with Crippen LogP contribution < -0.4 is 0 Å². The van der Waals surface area contributed by atoms with Crippen LogP contribution in [0, 0.1) is 6.92 Å². The van der Waals surface area contributed by atoms with Crippen LogP contribution in [0.5, 0.6) is 0 Å². The van der Waals surface area contributed by atoms with Crippen LogP contribution in [0.3, 0.4) is 0 Å². The monoisotopic (exact) mass is 302 g/mol. The van der Waals surface area contributed by atoms with Crippen molar-refractivity contribution in [1.29, 1.82) is 0 Å². The van der Waals surface area contributed by atoms with Crippen LogP contribution in [0.4, 0.5) is 0 Å². The number of carboxylic acid groups (broad SMARTS) is 1. The lowest BCUT2D eigenvalue weighted by molar-refractivity contribution is -0.135. The number of aliphatic hydroxyl groups is 1. The van der Waals surface area contributed by atoms with Gasteiger partial charge in [-0.05, 0) is 18.6 Å². The number of benzene rings is 1. The number of hydrogen-bond donors (Lipinski definition) is 2. The van der Waals surface area contributed by atoms with Crippen molar-refractivity contribution < 1.29 is 19.8 Å². The first kappa shape index (κ1) is 15.0. The Kier molecular flexibility index (Phi) is 4.55. The molecule has 21 heavy (non-hydrogen) atoms. The average Bonchev–Trinajstić information content (AvgIpc) is 2.90. The van der Waals surface area contributed by atoms with Gasteiger partial charge in [0.2, 0.25) is 5.76 Å². The second kappa shape index (κ2) is 6.37. The quantitative estimate of drug-likeness (QED) is 0.504. The Morgan fingerprint density at radius 3 is 2.48 bits per heavy atom. The van der Waals surface area contributed by atoms with Gasteiger partial charge < -0.3 is 10.2 Å². The molecule has 0 aliphatic carbocycles. The van der Waals surface area contributed by atoms with Gasteiger partial charge in [-0.15, -0.1) is 11.3 Å². The van der Waals surface area contributed by atoms with E-state index in [2.05, 4.69) is 0 Å². The maximum absolute atomic E-state index is 11.8. The molecule has 0 saturated heterocycles. The molecule has 1 aromatic heterocycles. The summed E-state index contributed by atoms with van der Waals surface area (Å²) in [5, 5.41) is 19.3. The molecule has 1 aromatic carbocycles. The van der Waals surface area contributed by atoms with E-state index in [-0.39, 0.29) is 0 Å². The Morgan fingerprint density at radius 1 is 1.19 bits per heavy atom. The third-order valence-corrected chi connectivity index (χ3v) is 3.86. The van der Waals surface area contributed by atoms with Gasteiger partial charge in [0.15, 0.2) is 5.78 Å². The Balaban J connectivity index is 2.11. The Labute approximate surface area is 126 Å². The van der Waals surface area contributed by atoms with Gasteiger partial charge in [0.25, 0.3) is 0 Å². The minimum absolute atomic E-state index is 0.384. The molecule has 2 aromatic rings. The summed E-state index contributed by atoms with van der Waals surface area (Å²) >= 11 is 1.43. The molecule has 0 fully saturated rings. The molecular weight excluding hydrogens is 288 g/mol. The van der Waals surface area contributed by atoms with E-state index in [1.807, 2.05) is 31.2 Å². The molecule has 0 spiro atoms. The van der Waals surface area contributed by atoms with Gasteiger partial charge in [0.05, 0.1) is 0 Å². The van der Waals surface area contributed by atoms with Gasteiger partial charge in [-0.25, -0.2) is 4.79 Å². The number of hydrogen-bond acceptors (Lipinski definition) is 4. The first-order valence-electron chi connectivity index (χ1n) is 6.27. The molecule has 0 aliphatic rings. The SMILES string of the molecule is Cc1ccc(Cc2cc(C(=O)/C=C(\O)C(=O)O)cs2)cc1. The van der Waals surface area contributed by atoms with Gasteiger partial charge in [-0.1, -0.05) is 29.8 Å². The van der Waals surface area contributed by atoms with Crippen LogP contribution in [0.2, 0.25) is 0 Å². The van der Waals surface area contributed by atoms with E-state index in [0.717, 1.165) is 16.5 Å². The molecule has 0 saturated carbocycles. The molecule has 0 amide bonds. The average molecular weight is 302 g/mol. The molecule has 108 valence electrons. The lowest BCUT2D eigenvalue weighted by Crippen LogP contribution is -2.03. The third-order valence-electron chi connectivity index (χ3n) is 2.92. The Morgan fingerprint density at radius 2 is 1.86 bits per heavy atom. The lowest BCUT2D eigenvalue weighted by Gasteiger charge is -1.99. The first-order valence-corrected chi connectivity index (χ1v) is 7.15. The number of aryl methyl sites for hydroxylation is 1. The van der Waals surface area contributed by atoms with Crippen molar-refractivity contribution in [2.45, 2.75) is 13.3 Å². The highest BCUT2D eigenvalue weighted by Gasteiger charge is 2.11. The number of carbonyl (C=O) groups is 2. The van der Waals surface area contributed by atoms with Gasteiger partial charge in [-0.3, -0.25) is 4.79 Å². The van der Waals surface area contributed by atoms with E-state index in [4.69, 9.17) is 10.2 Å². The first-order chi connectivity index (χ1) is 9.95. The fourth-order valence-corrected chi connectivity index (χ4v) is 2.69. The number of aliphatic carboxylic acids is 1. The van der Waals surface area contributed by atoms with E-state index in [1.54, 1.807) is 11.4 Å². The lowest BCUT2D eigenvalue weighted by atomic mass is 10.1. The van der Waals surface area contributed by atoms with E-state index in [9.17, 15) is 9.59 Å². The van der Waals surface area contributed by atoms with E-state index >= 15 is 0 Å². The van der Waals surface area contributed by atoms with E-state index < -0.39 is 17.5 Å². The van der Waals surface area contributed by atoms with Gasteiger partial charge in [0.1, 0.15) is 0 Å². The normalized spacial score (nSPS) is 11.4. The Hall–Kier alpha value is -2.40. The third kappa shape index (κ3) is 4.03. The van der Waals surface area contributed by atoms with Crippen LogP contribution in [-0.4, -0.2) is 22.0 Å². The largest absolute Gasteiger partial charge is 0.502 e. The molecule has 5 heteroatoms. The summed E-state index contributed by atoms with van der Waals surface area (Å²) in [5.74, 6) is -2.98. The highest BCUT2D eigenvalue weighted by molar-refractivity contribution is 7.10. The molecule has 0 unspecified atom stereocenters. The van der Waals surface area contributed by atoms with Crippen LogP contribution in [0.1, 0.15) is 26.4 Å². The second-order valence-electron chi connectivity index (χ2n) is 4.66. The zero-order chi connectivity index (χ0) is 15.4. The van der Waals surface area contributed by atoms with Crippen molar-refractivity contribution in [2.75, 3.05) is 0 Å². The van der Waals surface area contributed by atoms with Gasteiger partial charge >= 0.3 is 5.97 Å². The van der Waals surface area contributed by atoms with Gasteiger partial charge in [-0.2, -0.15) is 0 Å². The van der Waals surface area contributed by atoms with Crippen LogP contribution >= 0.6 is 11.3 Å². The Bertz CT molecular complexity index is 695. The molecule has 0 aliphatic heterocycles. The minimum Gasteiger partial charge on any atom is -0.502 e. The predicted molar refractivity (Wildman–Crippen MR) is 81.0 cm³/mol. The number of aliphatic hydroxyl groups excluding tert-OH is 1. The minimum atomic E-state index is -1.52. The molecule has 4 nitrogen and oxygen atoms in total. The number of carboxylic acids is 1. The summed E-state index contributed by atoms with van der Waals surface area (Å²) in [7, 11) is 0. The summed E-state index contributed by atoms with van der Waals surface area (Å²) in [5.41, 5.74) is 2.72. The van der Waals surface area contributed by atoms with Crippen molar-refractivity contribution in [1.82, 2.24) is 0 Å². The standard InChI is InChI=1S/C16H14O4S/c1-10-2-4-11(5-3-10)6-13-7-12(9-21-13)14(17)8-15(18)16(19)20/h2-5,7-9,18H,6H2,1H3,(H,19,20)/b15-8-. The molecule has 2 rings (SSSR count). The van der Waals surface area contributed by atoms with Gasteiger partial charge in [0, 0.05) is 28.3 Å². The van der Waals surface area contributed by atoms with Crippen LogP contribution in [0.15, 0.2) is 47.5 Å². The highest BCUT2D eigenvalue weighted by Crippen LogP contribution is 2.20. The molecule has 0 radical (unpaired) electrons. The number of ketones is 1. The van der Waals surface area contributed by atoms with Crippen molar-refractivity contribution >= 4 is 23.1 Å². The number of carbonyl (C=O) groups excluding carboxylic acids is 1. The molecular formula is C16H14O4S. The topological polar surface area (TPSA) is 74.6 Å². The zero-order valence-corrected chi connectivity index (χ0v) is 12.2. The molecule has 2 N–H and O–H groups in total. The van der Waals surface area contributed by atoms with Crippen LogP contribution in [-0.2, 0) is 11.2 Å². The summed E-state index contributed by atoms with van der Waals surface area (Å²) in [6, 6.07) is 9.85. The number of allylic oxidation sites excluding steroid dienone is 1. The summed E-state index contributed by atoms with van der Waals surface area (Å²) in [6.07, 6.45) is 1.44. The molecule has 1 heterocycles. The maximum Gasteiger partial charge on any atom is 0.371 e. The van der Waals surface area contributed by atoms with E-state index in [0.29, 0.717) is 12.0 Å². The fraction of sp³-hybridized carbons (Fsp3) is 0.125. The predicted octanol–water partition coefficient (Wildman–Crippen LogP) is 3.36. The molecule has 0 atom stereocenters. The highest BCUT2D eigenvalue weighted by atomic mass is 32.1. The molecule has 0 bridgehead atoms. The van der Waals surface area contributed by atoms with E-state index in [1.165, 1.54) is 16.9 Å². The smallest absolute Gasteiger partial charge is 0.371 e. The van der Waals surface area contributed by atoms with Crippen LogP contribution in [0.25, 0.3) is 0 Å². The summed E-state index contributed by atoms with van der Waals surface area (Å²) in [6.45, 7) is 2.02. The maximum atomic E-state index is 11.8. The summed E-state index contributed by atoms with van der Waals surface area (Å²) < 4.78 is 0. The number of thiophene rings is 1. The van der Waals surface area contributed by atoms with Crippen molar-refractivity contribution in [3.8, 4) is 0 Å².